The largest absolute Gasteiger partial charge is 0.497 e. The quantitative estimate of drug-likeness (QED) is 0.592. The number of ether oxygens (including phenoxy) is 2. The van der Waals surface area contributed by atoms with Crippen molar-refractivity contribution in [3.8, 4) is 11.5 Å². The molecule has 1 unspecified atom stereocenters. The Morgan fingerprint density at radius 2 is 1.43 bits per heavy atom. The third-order valence-electron chi connectivity index (χ3n) is 4.79. The van der Waals surface area contributed by atoms with E-state index >= 15 is 0 Å². The number of rotatable bonds is 6. The third-order valence-corrected chi connectivity index (χ3v) is 4.79. The highest BCUT2D eigenvalue weighted by Crippen LogP contribution is 2.38. The first kappa shape index (κ1) is 18.1. The van der Waals surface area contributed by atoms with Crippen LogP contribution in [0, 0.1) is 0 Å². The van der Waals surface area contributed by atoms with Gasteiger partial charge in [0.25, 0.3) is 0 Å². The SMILES string of the molecule is COc1cc(OC)cc(C2=CC(c3ccccc3)N(Cc3ccccc3)O2)c1. The average Bonchev–Trinajstić information content (AvgIpc) is 3.18. The number of methoxy groups -OCH3 is 2. The molecule has 28 heavy (non-hydrogen) atoms. The van der Waals surface area contributed by atoms with Gasteiger partial charge in [0.05, 0.1) is 26.8 Å². The van der Waals surface area contributed by atoms with Crippen molar-refractivity contribution in [2.45, 2.75) is 12.6 Å². The van der Waals surface area contributed by atoms with Crippen LogP contribution in [0.2, 0.25) is 0 Å². The van der Waals surface area contributed by atoms with Gasteiger partial charge < -0.3 is 14.3 Å². The van der Waals surface area contributed by atoms with Gasteiger partial charge in [-0.15, -0.1) is 5.06 Å². The molecule has 0 bridgehead atoms. The number of hydrogen-bond acceptors (Lipinski definition) is 4. The van der Waals surface area contributed by atoms with Gasteiger partial charge in [0, 0.05) is 11.6 Å². The van der Waals surface area contributed by atoms with Crippen molar-refractivity contribution in [1.82, 2.24) is 5.06 Å². The molecule has 0 saturated carbocycles. The van der Waals surface area contributed by atoms with E-state index in [1.54, 1.807) is 14.2 Å². The second kappa shape index (κ2) is 8.19. The number of benzene rings is 3. The van der Waals surface area contributed by atoms with Gasteiger partial charge in [-0.1, -0.05) is 60.7 Å². The fourth-order valence-corrected chi connectivity index (χ4v) is 3.35. The molecule has 4 nitrogen and oxygen atoms in total. The lowest BCUT2D eigenvalue weighted by Crippen LogP contribution is -2.22. The van der Waals surface area contributed by atoms with Gasteiger partial charge in [0.15, 0.2) is 5.76 Å². The van der Waals surface area contributed by atoms with Crippen LogP contribution >= 0.6 is 0 Å². The van der Waals surface area contributed by atoms with Crippen LogP contribution in [0.5, 0.6) is 11.5 Å². The third kappa shape index (κ3) is 3.87. The highest BCUT2D eigenvalue weighted by atomic mass is 16.7. The van der Waals surface area contributed by atoms with Gasteiger partial charge in [-0.2, -0.15) is 0 Å². The van der Waals surface area contributed by atoms with Crippen molar-refractivity contribution >= 4 is 5.76 Å². The van der Waals surface area contributed by atoms with Crippen molar-refractivity contribution in [3.63, 3.8) is 0 Å². The predicted molar refractivity (Wildman–Crippen MR) is 110 cm³/mol. The number of nitrogens with zero attached hydrogens (tertiary/aromatic N) is 1. The van der Waals surface area contributed by atoms with Crippen LogP contribution in [0.3, 0.4) is 0 Å². The number of hydroxylamine groups is 2. The van der Waals surface area contributed by atoms with E-state index in [0.717, 1.165) is 22.8 Å². The fraction of sp³-hybridized carbons (Fsp3) is 0.167. The molecule has 0 aromatic heterocycles. The second-order valence-corrected chi connectivity index (χ2v) is 6.64. The zero-order valence-electron chi connectivity index (χ0n) is 16.0. The lowest BCUT2D eigenvalue weighted by atomic mass is 10.0. The Kier molecular flexibility index (Phi) is 5.31. The monoisotopic (exact) mass is 373 g/mol. The molecule has 0 aliphatic carbocycles. The normalized spacial score (nSPS) is 16.4. The van der Waals surface area contributed by atoms with Gasteiger partial charge in [-0.05, 0) is 29.3 Å². The molecule has 1 heterocycles. The van der Waals surface area contributed by atoms with Crippen LogP contribution < -0.4 is 9.47 Å². The molecule has 1 aliphatic rings. The summed E-state index contributed by atoms with van der Waals surface area (Å²) in [6.07, 6.45) is 2.15. The second-order valence-electron chi connectivity index (χ2n) is 6.64. The van der Waals surface area contributed by atoms with Crippen LogP contribution in [0.25, 0.3) is 5.76 Å². The maximum atomic E-state index is 6.30. The Labute approximate surface area is 165 Å². The smallest absolute Gasteiger partial charge is 0.153 e. The summed E-state index contributed by atoms with van der Waals surface area (Å²) in [4.78, 5) is 6.30. The van der Waals surface area contributed by atoms with Crippen LogP contribution in [-0.4, -0.2) is 19.3 Å². The molecule has 4 heteroatoms. The van der Waals surface area contributed by atoms with E-state index in [1.807, 2.05) is 47.5 Å². The van der Waals surface area contributed by atoms with Crippen LogP contribution in [0.4, 0.5) is 0 Å². The van der Waals surface area contributed by atoms with E-state index in [1.165, 1.54) is 11.1 Å². The summed E-state index contributed by atoms with van der Waals surface area (Å²) in [6, 6.07) is 26.5. The van der Waals surface area contributed by atoms with Gasteiger partial charge in [0.1, 0.15) is 11.5 Å². The summed E-state index contributed by atoms with van der Waals surface area (Å²) in [6.45, 7) is 0.682. The van der Waals surface area contributed by atoms with Crippen molar-refractivity contribution < 1.29 is 14.3 Å². The van der Waals surface area contributed by atoms with E-state index in [4.69, 9.17) is 14.3 Å². The first-order valence-electron chi connectivity index (χ1n) is 9.25. The van der Waals surface area contributed by atoms with Crippen LogP contribution in [0.15, 0.2) is 84.9 Å². The Balaban J connectivity index is 1.69. The topological polar surface area (TPSA) is 30.9 Å². The molecular weight excluding hydrogens is 350 g/mol. The molecule has 0 fully saturated rings. The van der Waals surface area contributed by atoms with E-state index in [0.29, 0.717) is 6.54 Å². The van der Waals surface area contributed by atoms with E-state index in [-0.39, 0.29) is 6.04 Å². The van der Waals surface area contributed by atoms with Gasteiger partial charge in [0.2, 0.25) is 0 Å². The molecule has 0 amide bonds. The predicted octanol–water partition coefficient (Wildman–Crippen LogP) is 5.23. The lowest BCUT2D eigenvalue weighted by Gasteiger charge is -2.23. The first-order chi connectivity index (χ1) is 13.8. The maximum absolute atomic E-state index is 6.30. The van der Waals surface area contributed by atoms with Gasteiger partial charge in [-0.25, -0.2) is 0 Å². The van der Waals surface area contributed by atoms with Crippen LogP contribution in [-0.2, 0) is 11.4 Å². The summed E-state index contributed by atoms with van der Waals surface area (Å²) < 4.78 is 10.8. The van der Waals surface area contributed by atoms with Crippen molar-refractivity contribution in [2.24, 2.45) is 0 Å². The Morgan fingerprint density at radius 1 is 0.821 bits per heavy atom. The van der Waals surface area contributed by atoms with Crippen molar-refractivity contribution in [1.29, 1.82) is 0 Å². The molecule has 1 atom stereocenters. The maximum Gasteiger partial charge on any atom is 0.153 e. The van der Waals surface area contributed by atoms with E-state index in [2.05, 4.69) is 42.5 Å². The van der Waals surface area contributed by atoms with Crippen molar-refractivity contribution in [3.05, 3.63) is 102 Å². The molecule has 0 radical (unpaired) electrons. The highest BCUT2D eigenvalue weighted by molar-refractivity contribution is 5.65. The Hall–Kier alpha value is -3.24. The van der Waals surface area contributed by atoms with Crippen LogP contribution in [0.1, 0.15) is 22.7 Å². The molecule has 4 rings (SSSR count). The Morgan fingerprint density at radius 3 is 2.04 bits per heavy atom. The van der Waals surface area contributed by atoms with E-state index in [9.17, 15) is 0 Å². The summed E-state index contributed by atoms with van der Waals surface area (Å²) in [5, 5.41) is 2.01. The summed E-state index contributed by atoms with van der Waals surface area (Å²) in [5.41, 5.74) is 3.30. The lowest BCUT2D eigenvalue weighted by molar-refractivity contribution is -0.101. The molecule has 0 spiro atoms. The van der Waals surface area contributed by atoms with Gasteiger partial charge >= 0.3 is 0 Å². The van der Waals surface area contributed by atoms with Gasteiger partial charge in [-0.3, -0.25) is 0 Å². The summed E-state index contributed by atoms with van der Waals surface area (Å²) >= 11 is 0. The summed E-state index contributed by atoms with van der Waals surface area (Å²) in [5.74, 6) is 2.26. The average molecular weight is 373 g/mol. The molecule has 142 valence electrons. The fourth-order valence-electron chi connectivity index (χ4n) is 3.35. The summed E-state index contributed by atoms with van der Waals surface area (Å²) in [7, 11) is 3.30. The minimum absolute atomic E-state index is 0.0219. The first-order valence-corrected chi connectivity index (χ1v) is 9.25. The molecule has 1 aliphatic heterocycles. The minimum Gasteiger partial charge on any atom is -0.497 e. The highest BCUT2D eigenvalue weighted by Gasteiger charge is 2.29. The molecule has 0 saturated heterocycles. The standard InChI is InChI=1S/C24H23NO3/c1-26-21-13-20(14-22(15-21)27-2)24-16-23(19-11-7-4-8-12-19)25(28-24)17-18-9-5-3-6-10-18/h3-16,23H,17H2,1-2H3. The molecule has 0 N–H and O–H groups in total. The zero-order valence-corrected chi connectivity index (χ0v) is 16.0. The number of hydrogen-bond donors (Lipinski definition) is 0. The molecule has 3 aromatic carbocycles. The Bertz CT molecular complexity index is 932. The molecule has 3 aromatic rings. The minimum atomic E-state index is 0.0219. The van der Waals surface area contributed by atoms with Crippen molar-refractivity contribution in [2.75, 3.05) is 14.2 Å². The van der Waals surface area contributed by atoms with E-state index < -0.39 is 0 Å². The molecular formula is C24H23NO3. The zero-order chi connectivity index (χ0) is 19.3.